The molecule has 1 saturated heterocycles. The van der Waals surface area contributed by atoms with Crippen LogP contribution >= 0.6 is 0 Å². The number of fused-ring (bicyclic) bond motifs is 2. The van der Waals surface area contributed by atoms with Crippen molar-refractivity contribution < 1.29 is 4.79 Å². The summed E-state index contributed by atoms with van der Waals surface area (Å²) in [5.74, 6) is 1.74. The van der Waals surface area contributed by atoms with Crippen LogP contribution < -0.4 is 4.90 Å². The quantitative estimate of drug-likeness (QED) is 0.694. The van der Waals surface area contributed by atoms with Gasteiger partial charge in [0.1, 0.15) is 12.1 Å². The summed E-state index contributed by atoms with van der Waals surface area (Å²) in [6.45, 7) is 5.13. The molecule has 0 aromatic carbocycles. The van der Waals surface area contributed by atoms with Crippen LogP contribution in [0.1, 0.15) is 30.3 Å². The van der Waals surface area contributed by atoms with Crippen LogP contribution in [-0.2, 0) is 11.3 Å². The summed E-state index contributed by atoms with van der Waals surface area (Å²) in [6, 6.07) is 4.04. The Morgan fingerprint density at radius 3 is 3.00 bits per heavy atom. The van der Waals surface area contributed by atoms with E-state index in [2.05, 4.69) is 25.1 Å². The van der Waals surface area contributed by atoms with Crippen LogP contribution in [0.5, 0.6) is 0 Å². The standard InChI is InChI=1S/C17H20N8O/c1-12-7-15(25-17(21-12)18-11-20-25)23-9-13-3-4-19-24(13)14(10-23)8-16(26)22-5-2-6-22/h3-4,7,11,14H,2,5-6,8-10H2,1H3/t14-/m0/s1. The molecule has 5 rings (SSSR count). The van der Waals surface area contributed by atoms with Crippen molar-refractivity contribution in [3.8, 4) is 0 Å². The van der Waals surface area contributed by atoms with Gasteiger partial charge in [-0.3, -0.25) is 9.48 Å². The van der Waals surface area contributed by atoms with Gasteiger partial charge < -0.3 is 9.80 Å². The number of carbonyl (C=O) groups excluding carboxylic acids is 1. The lowest BCUT2D eigenvalue weighted by Gasteiger charge is -2.37. The molecule has 1 amide bonds. The molecule has 2 aliphatic heterocycles. The molecule has 9 heteroatoms. The van der Waals surface area contributed by atoms with E-state index in [4.69, 9.17) is 0 Å². The molecule has 0 saturated carbocycles. The molecule has 2 aliphatic rings. The zero-order valence-electron chi connectivity index (χ0n) is 14.6. The maximum Gasteiger partial charge on any atom is 0.254 e. The average molecular weight is 352 g/mol. The molecule has 0 N–H and O–H groups in total. The van der Waals surface area contributed by atoms with E-state index in [-0.39, 0.29) is 11.9 Å². The van der Waals surface area contributed by atoms with Crippen molar-refractivity contribution in [3.63, 3.8) is 0 Å². The van der Waals surface area contributed by atoms with Gasteiger partial charge in [-0.25, -0.2) is 4.98 Å². The van der Waals surface area contributed by atoms with Crippen molar-refractivity contribution in [1.82, 2.24) is 34.3 Å². The molecule has 0 aliphatic carbocycles. The summed E-state index contributed by atoms with van der Waals surface area (Å²) in [5, 5.41) is 8.78. The van der Waals surface area contributed by atoms with Crippen molar-refractivity contribution in [2.75, 3.05) is 24.5 Å². The Hall–Kier alpha value is -2.97. The number of aryl methyl sites for hydroxylation is 1. The molecule has 0 radical (unpaired) electrons. The predicted molar refractivity (Wildman–Crippen MR) is 93.6 cm³/mol. The molecule has 0 bridgehead atoms. The Kier molecular flexibility index (Phi) is 3.41. The number of likely N-dealkylation sites (tertiary alicyclic amines) is 1. The molecule has 26 heavy (non-hydrogen) atoms. The molecule has 9 nitrogen and oxygen atoms in total. The third-order valence-electron chi connectivity index (χ3n) is 5.19. The number of nitrogens with zero attached hydrogens (tertiary/aromatic N) is 8. The van der Waals surface area contributed by atoms with Crippen LogP contribution in [0.25, 0.3) is 5.78 Å². The Morgan fingerprint density at radius 1 is 1.31 bits per heavy atom. The number of carbonyl (C=O) groups is 1. The van der Waals surface area contributed by atoms with E-state index < -0.39 is 0 Å². The van der Waals surface area contributed by atoms with Gasteiger partial charge in [0, 0.05) is 37.6 Å². The van der Waals surface area contributed by atoms with E-state index in [1.54, 1.807) is 4.52 Å². The monoisotopic (exact) mass is 352 g/mol. The molecule has 3 aromatic heterocycles. The number of amides is 1. The van der Waals surface area contributed by atoms with Crippen LogP contribution in [0.2, 0.25) is 0 Å². The van der Waals surface area contributed by atoms with Crippen LogP contribution in [0, 0.1) is 6.92 Å². The topological polar surface area (TPSA) is 84.5 Å². The third-order valence-corrected chi connectivity index (χ3v) is 5.19. The van der Waals surface area contributed by atoms with Crippen LogP contribution in [-0.4, -0.2) is 59.8 Å². The van der Waals surface area contributed by atoms with E-state index in [9.17, 15) is 4.79 Å². The van der Waals surface area contributed by atoms with E-state index in [0.717, 1.165) is 36.7 Å². The highest BCUT2D eigenvalue weighted by molar-refractivity contribution is 5.77. The van der Waals surface area contributed by atoms with Gasteiger partial charge in [0.05, 0.1) is 24.7 Å². The normalized spacial score (nSPS) is 19.5. The molecule has 1 atom stereocenters. The highest BCUT2D eigenvalue weighted by atomic mass is 16.2. The molecule has 134 valence electrons. The number of rotatable bonds is 3. The van der Waals surface area contributed by atoms with Gasteiger partial charge in [0.25, 0.3) is 5.78 Å². The molecule has 5 heterocycles. The zero-order chi connectivity index (χ0) is 17.7. The second-order valence-corrected chi connectivity index (χ2v) is 6.97. The van der Waals surface area contributed by atoms with Gasteiger partial charge in [-0.15, -0.1) is 0 Å². The van der Waals surface area contributed by atoms with Gasteiger partial charge in [0.2, 0.25) is 5.91 Å². The summed E-state index contributed by atoms with van der Waals surface area (Å²) in [4.78, 5) is 25.3. The lowest BCUT2D eigenvalue weighted by Crippen LogP contribution is -2.45. The van der Waals surface area contributed by atoms with E-state index in [1.165, 1.54) is 6.33 Å². The minimum absolute atomic E-state index is 0.00823. The van der Waals surface area contributed by atoms with Gasteiger partial charge in [-0.05, 0) is 19.4 Å². The highest BCUT2D eigenvalue weighted by Crippen LogP contribution is 2.28. The van der Waals surface area contributed by atoms with Crippen LogP contribution in [0.4, 0.5) is 5.82 Å². The molecule has 1 fully saturated rings. The molecule has 0 unspecified atom stereocenters. The third kappa shape index (κ3) is 2.42. The summed E-state index contributed by atoms with van der Waals surface area (Å²) in [6.07, 6.45) is 4.90. The van der Waals surface area contributed by atoms with E-state index in [0.29, 0.717) is 25.3 Å². The average Bonchev–Trinajstić information content (AvgIpc) is 3.20. The van der Waals surface area contributed by atoms with Crippen molar-refractivity contribution in [2.45, 2.75) is 32.4 Å². The Bertz CT molecular complexity index is 972. The number of anilines is 1. The fourth-order valence-corrected chi connectivity index (χ4v) is 3.75. The molecular formula is C17H20N8O. The zero-order valence-corrected chi connectivity index (χ0v) is 14.6. The van der Waals surface area contributed by atoms with Crippen molar-refractivity contribution in [2.24, 2.45) is 0 Å². The first-order valence-electron chi connectivity index (χ1n) is 8.91. The fourth-order valence-electron chi connectivity index (χ4n) is 3.75. The predicted octanol–water partition coefficient (Wildman–Crippen LogP) is 0.813. The van der Waals surface area contributed by atoms with Crippen LogP contribution in [0.3, 0.4) is 0 Å². The summed E-state index contributed by atoms with van der Waals surface area (Å²) >= 11 is 0. The lowest BCUT2D eigenvalue weighted by molar-refractivity contribution is -0.135. The van der Waals surface area contributed by atoms with Crippen molar-refractivity contribution in [1.29, 1.82) is 0 Å². The van der Waals surface area contributed by atoms with Crippen molar-refractivity contribution >= 4 is 17.5 Å². The molecule has 0 spiro atoms. The largest absolute Gasteiger partial charge is 0.348 e. The first-order chi connectivity index (χ1) is 12.7. The first-order valence-corrected chi connectivity index (χ1v) is 8.91. The minimum Gasteiger partial charge on any atom is -0.348 e. The number of hydrogen-bond acceptors (Lipinski definition) is 6. The summed E-state index contributed by atoms with van der Waals surface area (Å²) in [7, 11) is 0. The van der Waals surface area contributed by atoms with E-state index in [1.807, 2.05) is 34.8 Å². The smallest absolute Gasteiger partial charge is 0.254 e. The maximum atomic E-state index is 12.5. The van der Waals surface area contributed by atoms with Gasteiger partial charge in [-0.2, -0.15) is 19.7 Å². The van der Waals surface area contributed by atoms with E-state index >= 15 is 0 Å². The second-order valence-electron chi connectivity index (χ2n) is 6.97. The summed E-state index contributed by atoms with van der Waals surface area (Å²) in [5.41, 5.74) is 1.99. The number of aromatic nitrogens is 6. The van der Waals surface area contributed by atoms with Gasteiger partial charge in [0.15, 0.2) is 0 Å². The van der Waals surface area contributed by atoms with Gasteiger partial charge >= 0.3 is 0 Å². The fraction of sp³-hybridized carbons (Fsp3) is 0.471. The van der Waals surface area contributed by atoms with Crippen LogP contribution in [0.15, 0.2) is 24.7 Å². The minimum atomic E-state index is 0.00823. The molecular weight excluding hydrogens is 332 g/mol. The Labute approximate surface area is 150 Å². The Morgan fingerprint density at radius 2 is 2.19 bits per heavy atom. The highest BCUT2D eigenvalue weighted by Gasteiger charge is 2.31. The SMILES string of the molecule is Cc1cc(N2Cc3ccnn3[C@@H](CC(=O)N3CCC3)C2)n2ncnc2n1. The molecule has 3 aromatic rings. The van der Waals surface area contributed by atoms with Gasteiger partial charge in [-0.1, -0.05) is 0 Å². The first kappa shape index (κ1) is 15.3. The lowest BCUT2D eigenvalue weighted by atomic mass is 10.1. The maximum absolute atomic E-state index is 12.5. The second kappa shape index (κ2) is 5.79. The Balaban J connectivity index is 1.49. The summed E-state index contributed by atoms with van der Waals surface area (Å²) < 4.78 is 3.76. The number of hydrogen-bond donors (Lipinski definition) is 0. The van der Waals surface area contributed by atoms with Crippen molar-refractivity contribution in [3.05, 3.63) is 36.0 Å².